The van der Waals surface area contributed by atoms with Crippen LogP contribution in [0.3, 0.4) is 0 Å². The molecule has 21 heavy (non-hydrogen) atoms. The molecule has 0 fully saturated rings. The van der Waals surface area contributed by atoms with Crippen LogP contribution in [0.25, 0.3) is 0 Å². The van der Waals surface area contributed by atoms with Crippen molar-refractivity contribution in [2.75, 3.05) is 5.43 Å². The van der Waals surface area contributed by atoms with E-state index in [2.05, 4.69) is 25.9 Å². The van der Waals surface area contributed by atoms with Crippen molar-refractivity contribution in [3.05, 3.63) is 46.0 Å². The van der Waals surface area contributed by atoms with Gasteiger partial charge in [0.1, 0.15) is 17.8 Å². The molecule has 5 N–H and O–H groups in total. The summed E-state index contributed by atoms with van der Waals surface area (Å²) in [6.45, 7) is 1.73. The molecule has 10 nitrogen and oxygen atoms in total. The summed E-state index contributed by atoms with van der Waals surface area (Å²) in [5, 5.41) is 19.8. The van der Waals surface area contributed by atoms with E-state index < -0.39 is 10.8 Å². The Labute approximate surface area is 118 Å². The first-order chi connectivity index (χ1) is 10.0. The first-order valence-corrected chi connectivity index (χ1v) is 5.94. The van der Waals surface area contributed by atoms with Crippen LogP contribution in [0.1, 0.15) is 29.1 Å². The van der Waals surface area contributed by atoms with E-state index in [-0.39, 0.29) is 23.0 Å². The highest BCUT2D eigenvalue weighted by Crippen LogP contribution is 2.24. The summed E-state index contributed by atoms with van der Waals surface area (Å²) < 4.78 is 0. The minimum absolute atomic E-state index is 0.0555. The minimum atomic E-state index is -0.589. The Morgan fingerprint density at radius 3 is 2.86 bits per heavy atom. The number of hydrazine groups is 1. The fourth-order valence-corrected chi connectivity index (χ4v) is 1.72. The van der Waals surface area contributed by atoms with Gasteiger partial charge in [0.2, 0.25) is 0 Å². The van der Waals surface area contributed by atoms with Crippen molar-refractivity contribution in [1.29, 1.82) is 0 Å². The lowest BCUT2D eigenvalue weighted by Crippen LogP contribution is -2.27. The van der Waals surface area contributed by atoms with Crippen LogP contribution >= 0.6 is 0 Å². The predicted molar refractivity (Wildman–Crippen MR) is 73.2 cm³/mol. The van der Waals surface area contributed by atoms with E-state index in [1.807, 2.05) is 0 Å². The number of nitrogens with two attached hydrogens (primary N) is 1. The predicted octanol–water partition coefficient (Wildman–Crippen LogP) is 0.490. The van der Waals surface area contributed by atoms with Crippen LogP contribution in [0.5, 0.6) is 0 Å². The molecule has 2 rings (SSSR count). The molecule has 1 atom stereocenters. The standard InChI is InChI=1S/C11H13N7O3/c1-6(10-13-5-14-17-10)15-11(19)7-2-3-9(18(20)21)8(4-7)16-12/h2-6,16H,12H2,1H3,(H,15,19)(H,13,14,17). The summed E-state index contributed by atoms with van der Waals surface area (Å²) in [6.07, 6.45) is 1.33. The Kier molecular flexibility index (Phi) is 4.09. The Morgan fingerprint density at radius 1 is 1.52 bits per heavy atom. The zero-order valence-electron chi connectivity index (χ0n) is 11.0. The molecule has 0 bridgehead atoms. The van der Waals surface area contributed by atoms with E-state index in [1.165, 1.54) is 24.5 Å². The van der Waals surface area contributed by atoms with Gasteiger partial charge in [-0.15, -0.1) is 0 Å². The van der Waals surface area contributed by atoms with Crippen LogP contribution in [0, 0.1) is 10.1 Å². The number of nitro benzene ring substituents is 1. The van der Waals surface area contributed by atoms with E-state index in [0.717, 1.165) is 0 Å². The van der Waals surface area contributed by atoms with Gasteiger partial charge in [0, 0.05) is 11.6 Å². The first-order valence-electron chi connectivity index (χ1n) is 5.94. The average Bonchev–Trinajstić information content (AvgIpc) is 3.00. The summed E-state index contributed by atoms with van der Waals surface area (Å²) >= 11 is 0. The smallest absolute Gasteiger partial charge is 0.293 e. The molecule has 0 aliphatic heterocycles. The van der Waals surface area contributed by atoms with Gasteiger partial charge in [0.15, 0.2) is 0 Å². The molecule has 0 aliphatic carbocycles. The third-order valence-corrected chi connectivity index (χ3v) is 2.80. The van der Waals surface area contributed by atoms with Crippen LogP contribution in [0.4, 0.5) is 11.4 Å². The molecular weight excluding hydrogens is 278 g/mol. The Hall–Kier alpha value is -3.01. The van der Waals surface area contributed by atoms with Gasteiger partial charge in [-0.1, -0.05) is 0 Å². The van der Waals surface area contributed by atoms with Gasteiger partial charge in [0.25, 0.3) is 11.6 Å². The number of nitro groups is 1. The van der Waals surface area contributed by atoms with Crippen LogP contribution in [-0.4, -0.2) is 26.0 Å². The number of hydrogen-bond donors (Lipinski definition) is 4. The largest absolute Gasteiger partial charge is 0.342 e. The Balaban J connectivity index is 2.18. The molecular formula is C11H13N7O3. The summed E-state index contributed by atoms with van der Waals surface area (Å²) in [4.78, 5) is 26.2. The number of aromatic nitrogens is 3. The van der Waals surface area contributed by atoms with Gasteiger partial charge < -0.3 is 10.7 Å². The van der Waals surface area contributed by atoms with Crippen molar-refractivity contribution in [2.45, 2.75) is 13.0 Å². The van der Waals surface area contributed by atoms with E-state index in [4.69, 9.17) is 5.84 Å². The number of anilines is 1. The number of H-pyrrole nitrogens is 1. The number of carbonyl (C=O) groups is 1. The van der Waals surface area contributed by atoms with Crippen molar-refractivity contribution in [1.82, 2.24) is 20.5 Å². The van der Waals surface area contributed by atoms with Crippen LogP contribution in [-0.2, 0) is 0 Å². The van der Waals surface area contributed by atoms with Crippen LogP contribution < -0.4 is 16.6 Å². The Morgan fingerprint density at radius 2 is 2.29 bits per heavy atom. The number of benzene rings is 1. The maximum atomic E-state index is 12.1. The average molecular weight is 291 g/mol. The molecule has 0 spiro atoms. The lowest BCUT2D eigenvalue weighted by Gasteiger charge is -2.11. The van der Waals surface area contributed by atoms with Crippen molar-refractivity contribution in [2.24, 2.45) is 5.84 Å². The molecule has 0 saturated carbocycles. The molecule has 110 valence electrons. The van der Waals surface area contributed by atoms with E-state index >= 15 is 0 Å². The van der Waals surface area contributed by atoms with Gasteiger partial charge in [0.05, 0.1) is 11.0 Å². The molecule has 1 unspecified atom stereocenters. The Bertz CT molecular complexity index is 656. The van der Waals surface area contributed by atoms with Crippen LogP contribution in [0.2, 0.25) is 0 Å². The second-order valence-electron chi connectivity index (χ2n) is 4.20. The van der Waals surface area contributed by atoms with Crippen molar-refractivity contribution >= 4 is 17.3 Å². The van der Waals surface area contributed by atoms with Crippen molar-refractivity contribution < 1.29 is 9.72 Å². The summed E-state index contributed by atoms with van der Waals surface area (Å²) in [5.41, 5.74) is 2.28. The van der Waals surface area contributed by atoms with Gasteiger partial charge in [-0.25, -0.2) is 4.98 Å². The fraction of sp³-hybridized carbons (Fsp3) is 0.182. The maximum Gasteiger partial charge on any atom is 0.293 e. The molecule has 0 radical (unpaired) electrons. The lowest BCUT2D eigenvalue weighted by molar-refractivity contribution is -0.384. The quantitative estimate of drug-likeness (QED) is 0.355. The van der Waals surface area contributed by atoms with Crippen molar-refractivity contribution in [3.8, 4) is 0 Å². The number of hydrogen-bond acceptors (Lipinski definition) is 7. The number of nitrogen functional groups attached to an aromatic ring is 1. The van der Waals surface area contributed by atoms with Gasteiger partial charge >= 0.3 is 0 Å². The molecule has 1 amide bonds. The molecule has 0 saturated heterocycles. The van der Waals surface area contributed by atoms with Crippen molar-refractivity contribution in [3.63, 3.8) is 0 Å². The second-order valence-corrected chi connectivity index (χ2v) is 4.20. The maximum absolute atomic E-state index is 12.1. The third kappa shape index (κ3) is 3.12. The number of nitrogens with one attached hydrogen (secondary N) is 3. The van der Waals surface area contributed by atoms with Gasteiger partial charge in [-0.2, -0.15) is 5.10 Å². The molecule has 1 aromatic carbocycles. The zero-order valence-corrected chi connectivity index (χ0v) is 11.0. The minimum Gasteiger partial charge on any atom is -0.342 e. The monoisotopic (exact) mass is 291 g/mol. The number of carbonyl (C=O) groups excluding carboxylic acids is 1. The SMILES string of the molecule is CC(NC(=O)c1ccc([N+](=O)[O-])c(NN)c1)c1ncn[nH]1. The molecule has 2 aromatic rings. The van der Waals surface area contributed by atoms with E-state index in [0.29, 0.717) is 5.82 Å². The highest BCUT2D eigenvalue weighted by Gasteiger charge is 2.18. The van der Waals surface area contributed by atoms with E-state index in [1.54, 1.807) is 6.92 Å². The number of amides is 1. The first kappa shape index (κ1) is 14.4. The number of nitrogens with zero attached hydrogens (tertiary/aromatic N) is 3. The molecule has 0 aliphatic rings. The third-order valence-electron chi connectivity index (χ3n) is 2.80. The van der Waals surface area contributed by atoms with E-state index in [9.17, 15) is 14.9 Å². The van der Waals surface area contributed by atoms with Gasteiger partial charge in [-0.05, 0) is 19.1 Å². The summed E-state index contributed by atoms with van der Waals surface area (Å²) in [7, 11) is 0. The second kappa shape index (κ2) is 5.96. The topological polar surface area (TPSA) is 152 Å². The number of rotatable bonds is 5. The highest BCUT2D eigenvalue weighted by atomic mass is 16.6. The molecule has 1 heterocycles. The summed E-state index contributed by atoms with van der Waals surface area (Å²) in [5.74, 6) is 5.32. The highest BCUT2D eigenvalue weighted by molar-refractivity contribution is 5.96. The summed E-state index contributed by atoms with van der Waals surface area (Å²) in [6, 6.07) is 3.48. The number of aromatic amines is 1. The zero-order chi connectivity index (χ0) is 15.4. The molecule has 1 aromatic heterocycles. The normalized spacial score (nSPS) is 11.7. The van der Waals surface area contributed by atoms with Crippen LogP contribution in [0.15, 0.2) is 24.5 Å². The molecule has 10 heteroatoms. The fourth-order valence-electron chi connectivity index (χ4n) is 1.72. The van der Waals surface area contributed by atoms with Gasteiger partial charge in [-0.3, -0.25) is 25.9 Å². The lowest BCUT2D eigenvalue weighted by atomic mass is 10.1.